The second-order valence-electron chi connectivity index (χ2n) is 4.03. The fourth-order valence-electron chi connectivity index (χ4n) is 1.67. The number of rotatable bonds is 3. The molecule has 0 aliphatic rings. The molecule has 4 N–H and O–H groups in total. The standard InChI is InChI=1S/C14H14N2O2S/c1-9(17)19-18-12-5-6-13(14(16)8-12)10-3-2-4-11(15)7-10/h2-8H,15-16H2,1H3. The van der Waals surface area contributed by atoms with Crippen molar-refractivity contribution in [2.45, 2.75) is 6.92 Å². The lowest BCUT2D eigenvalue weighted by Crippen LogP contribution is -1.93. The number of hydrogen-bond acceptors (Lipinski definition) is 5. The van der Waals surface area contributed by atoms with Gasteiger partial charge in [-0.2, -0.15) is 0 Å². The van der Waals surface area contributed by atoms with Crippen LogP contribution in [0, 0.1) is 0 Å². The summed E-state index contributed by atoms with van der Waals surface area (Å²) in [6.45, 7) is 1.44. The Balaban J connectivity index is 2.26. The van der Waals surface area contributed by atoms with Gasteiger partial charge in [0, 0.05) is 29.9 Å². The first-order chi connectivity index (χ1) is 9.06. The molecule has 19 heavy (non-hydrogen) atoms. The second kappa shape index (κ2) is 5.67. The van der Waals surface area contributed by atoms with E-state index in [0.29, 0.717) is 17.1 Å². The van der Waals surface area contributed by atoms with Gasteiger partial charge in [-0.25, -0.2) is 0 Å². The molecular weight excluding hydrogens is 260 g/mol. The van der Waals surface area contributed by atoms with E-state index in [4.69, 9.17) is 15.7 Å². The van der Waals surface area contributed by atoms with Crippen molar-refractivity contribution in [2.75, 3.05) is 11.5 Å². The maximum Gasteiger partial charge on any atom is 0.224 e. The summed E-state index contributed by atoms with van der Waals surface area (Å²) >= 11 is 0.783. The normalized spacial score (nSPS) is 10.2. The van der Waals surface area contributed by atoms with Crippen LogP contribution in [0.5, 0.6) is 5.75 Å². The van der Waals surface area contributed by atoms with E-state index in [2.05, 4.69) is 0 Å². The Kier molecular flexibility index (Phi) is 3.97. The Labute approximate surface area is 116 Å². The molecule has 0 heterocycles. The molecule has 0 unspecified atom stereocenters. The highest BCUT2D eigenvalue weighted by Crippen LogP contribution is 2.31. The van der Waals surface area contributed by atoms with Crippen LogP contribution in [-0.4, -0.2) is 5.12 Å². The molecule has 2 aromatic rings. The van der Waals surface area contributed by atoms with Crippen LogP contribution in [0.2, 0.25) is 0 Å². The first kappa shape index (κ1) is 13.3. The van der Waals surface area contributed by atoms with Crippen LogP contribution in [0.4, 0.5) is 11.4 Å². The number of carbonyl (C=O) groups is 1. The first-order valence-electron chi connectivity index (χ1n) is 5.67. The van der Waals surface area contributed by atoms with Gasteiger partial charge in [-0.15, -0.1) is 0 Å². The van der Waals surface area contributed by atoms with Crippen molar-refractivity contribution in [3.8, 4) is 16.9 Å². The topological polar surface area (TPSA) is 78.3 Å². The van der Waals surface area contributed by atoms with Gasteiger partial charge in [-0.1, -0.05) is 12.1 Å². The molecule has 0 radical (unpaired) electrons. The van der Waals surface area contributed by atoms with Crippen LogP contribution in [-0.2, 0) is 4.79 Å². The van der Waals surface area contributed by atoms with E-state index >= 15 is 0 Å². The third kappa shape index (κ3) is 3.42. The van der Waals surface area contributed by atoms with E-state index in [1.807, 2.05) is 30.3 Å². The number of nitrogen functional groups attached to an aromatic ring is 2. The molecule has 0 atom stereocenters. The Morgan fingerprint density at radius 1 is 1.16 bits per heavy atom. The molecule has 0 fully saturated rings. The minimum absolute atomic E-state index is 0.113. The highest BCUT2D eigenvalue weighted by atomic mass is 32.2. The average Bonchev–Trinajstić information content (AvgIpc) is 2.36. The van der Waals surface area contributed by atoms with Gasteiger partial charge in [0.15, 0.2) is 0 Å². The van der Waals surface area contributed by atoms with E-state index < -0.39 is 0 Å². The highest BCUT2D eigenvalue weighted by molar-refractivity contribution is 8.09. The number of hydrogen-bond donors (Lipinski definition) is 2. The third-order valence-electron chi connectivity index (χ3n) is 2.48. The fraction of sp³-hybridized carbons (Fsp3) is 0.0714. The van der Waals surface area contributed by atoms with Crippen LogP contribution >= 0.6 is 12.0 Å². The highest BCUT2D eigenvalue weighted by Gasteiger charge is 2.06. The molecule has 0 bridgehead atoms. The molecule has 0 spiro atoms. The molecule has 5 heteroatoms. The van der Waals surface area contributed by atoms with Crippen LogP contribution in [0.1, 0.15) is 6.92 Å². The number of carbonyl (C=O) groups excluding carboxylic acids is 1. The maximum absolute atomic E-state index is 10.8. The van der Waals surface area contributed by atoms with Gasteiger partial charge in [0.05, 0.1) is 0 Å². The van der Waals surface area contributed by atoms with E-state index in [0.717, 1.165) is 23.2 Å². The molecule has 0 saturated heterocycles. The van der Waals surface area contributed by atoms with Gasteiger partial charge in [-0.3, -0.25) is 4.79 Å². The molecule has 0 saturated carbocycles. The Hall–Kier alpha value is -2.14. The van der Waals surface area contributed by atoms with Gasteiger partial charge in [-0.05, 0) is 29.8 Å². The summed E-state index contributed by atoms with van der Waals surface area (Å²) in [5.74, 6) is 0.547. The molecule has 2 rings (SSSR count). The summed E-state index contributed by atoms with van der Waals surface area (Å²) in [6, 6.07) is 12.8. The van der Waals surface area contributed by atoms with E-state index in [1.165, 1.54) is 6.92 Å². The number of nitrogens with two attached hydrogens (primary N) is 2. The first-order valence-corrected chi connectivity index (χ1v) is 6.41. The van der Waals surface area contributed by atoms with Crippen molar-refractivity contribution >= 4 is 28.5 Å². The molecule has 0 aliphatic heterocycles. The third-order valence-corrected chi connectivity index (χ3v) is 2.99. The minimum Gasteiger partial charge on any atom is -0.418 e. The number of benzene rings is 2. The SMILES string of the molecule is CC(=O)SOc1ccc(-c2cccc(N)c2)c(N)c1. The molecule has 2 aromatic carbocycles. The molecule has 0 aromatic heterocycles. The van der Waals surface area contributed by atoms with Crippen LogP contribution < -0.4 is 15.7 Å². The molecule has 0 amide bonds. The summed E-state index contributed by atoms with van der Waals surface area (Å²) in [7, 11) is 0. The predicted octanol–water partition coefficient (Wildman–Crippen LogP) is 3.09. The lowest BCUT2D eigenvalue weighted by molar-refractivity contribution is -0.109. The fourth-order valence-corrected chi connectivity index (χ4v) is 1.99. The molecule has 98 valence electrons. The van der Waals surface area contributed by atoms with Gasteiger partial charge in [0.25, 0.3) is 0 Å². The molecule has 4 nitrogen and oxygen atoms in total. The van der Waals surface area contributed by atoms with Crippen molar-refractivity contribution in [3.63, 3.8) is 0 Å². The van der Waals surface area contributed by atoms with Crippen LogP contribution in [0.25, 0.3) is 11.1 Å². The van der Waals surface area contributed by atoms with Crippen molar-refractivity contribution < 1.29 is 8.98 Å². The summed E-state index contributed by atoms with van der Waals surface area (Å²) in [4.78, 5) is 10.8. The number of anilines is 2. The molecule has 0 aliphatic carbocycles. The Bertz CT molecular complexity index is 614. The monoisotopic (exact) mass is 274 g/mol. The summed E-state index contributed by atoms with van der Waals surface area (Å²) in [5.41, 5.74) is 14.8. The van der Waals surface area contributed by atoms with Gasteiger partial charge in [0.1, 0.15) is 17.8 Å². The van der Waals surface area contributed by atoms with Crippen molar-refractivity contribution in [1.29, 1.82) is 0 Å². The maximum atomic E-state index is 10.8. The average molecular weight is 274 g/mol. The predicted molar refractivity (Wildman–Crippen MR) is 79.6 cm³/mol. The van der Waals surface area contributed by atoms with Gasteiger partial charge < -0.3 is 15.7 Å². The quantitative estimate of drug-likeness (QED) is 0.664. The van der Waals surface area contributed by atoms with Crippen molar-refractivity contribution in [3.05, 3.63) is 42.5 Å². The lowest BCUT2D eigenvalue weighted by Gasteiger charge is -2.09. The van der Waals surface area contributed by atoms with Gasteiger partial charge in [0.2, 0.25) is 5.12 Å². The van der Waals surface area contributed by atoms with Crippen molar-refractivity contribution in [2.24, 2.45) is 0 Å². The minimum atomic E-state index is -0.113. The smallest absolute Gasteiger partial charge is 0.224 e. The Morgan fingerprint density at radius 2 is 1.95 bits per heavy atom. The van der Waals surface area contributed by atoms with Crippen LogP contribution in [0.15, 0.2) is 42.5 Å². The largest absolute Gasteiger partial charge is 0.418 e. The Morgan fingerprint density at radius 3 is 2.58 bits per heavy atom. The summed E-state index contributed by atoms with van der Waals surface area (Å²) in [6.07, 6.45) is 0. The van der Waals surface area contributed by atoms with Gasteiger partial charge >= 0.3 is 0 Å². The van der Waals surface area contributed by atoms with E-state index in [1.54, 1.807) is 12.1 Å². The molecular formula is C14H14N2O2S. The van der Waals surface area contributed by atoms with Crippen molar-refractivity contribution in [1.82, 2.24) is 0 Å². The zero-order valence-electron chi connectivity index (χ0n) is 10.4. The zero-order chi connectivity index (χ0) is 13.8. The summed E-state index contributed by atoms with van der Waals surface area (Å²) < 4.78 is 5.23. The summed E-state index contributed by atoms with van der Waals surface area (Å²) in [5, 5.41) is -0.113. The van der Waals surface area contributed by atoms with E-state index in [9.17, 15) is 4.79 Å². The van der Waals surface area contributed by atoms with Crippen LogP contribution in [0.3, 0.4) is 0 Å². The zero-order valence-corrected chi connectivity index (χ0v) is 11.2. The lowest BCUT2D eigenvalue weighted by atomic mass is 10.0. The second-order valence-corrected chi connectivity index (χ2v) is 4.94. The van der Waals surface area contributed by atoms with E-state index in [-0.39, 0.29) is 5.12 Å².